The predicted molar refractivity (Wildman–Crippen MR) is 163 cm³/mol. The van der Waals surface area contributed by atoms with E-state index in [1.807, 2.05) is 24.8 Å². The van der Waals surface area contributed by atoms with Crippen LogP contribution in [0, 0.1) is 16.7 Å². The van der Waals surface area contributed by atoms with E-state index >= 15 is 4.39 Å². The second kappa shape index (κ2) is 12.4. The highest BCUT2D eigenvalue weighted by atomic mass is 19.4. The van der Waals surface area contributed by atoms with Gasteiger partial charge in [0.25, 0.3) is 0 Å². The summed E-state index contributed by atoms with van der Waals surface area (Å²) in [6, 6.07) is 5.94. The Morgan fingerprint density at radius 1 is 0.957 bits per heavy atom. The second-order valence-corrected chi connectivity index (χ2v) is 14.0. The highest BCUT2D eigenvalue weighted by molar-refractivity contribution is 5.51. The van der Waals surface area contributed by atoms with Gasteiger partial charge in [-0.05, 0) is 73.1 Å². The first-order valence-corrected chi connectivity index (χ1v) is 16.1. The quantitative estimate of drug-likeness (QED) is 0.277. The maximum Gasteiger partial charge on any atom is 0.416 e. The molecular formula is C35H37F6N5O. The van der Waals surface area contributed by atoms with Crippen molar-refractivity contribution in [1.29, 1.82) is 5.26 Å². The SMILES string of the molecule is CC1(C)Cc2nc(C3CCN(c4ncc(C#N)cn4)CC3)c([C@@H](F)c3ccc(C(F)(F)F)cc3)c(C3CCC(F)(F)CC3)c2C(O)C1. The minimum atomic E-state index is -4.59. The Kier molecular flexibility index (Phi) is 8.74. The van der Waals surface area contributed by atoms with E-state index in [9.17, 15) is 27.1 Å². The zero-order valence-corrected chi connectivity index (χ0v) is 26.3. The van der Waals surface area contributed by atoms with Crippen LogP contribution in [-0.4, -0.2) is 39.1 Å². The van der Waals surface area contributed by atoms with Gasteiger partial charge in [-0.1, -0.05) is 26.0 Å². The Bertz CT molecular complexity index is 1630. The average Bonchev–Trinajstić information content (AvgIpc) is 3.03. The fourth-order valence-corrected chi connectivity index (χ4v) is 7.61. The molecule has 47 heavy (non-hydrogen) atoms. The molecule has 1 N–H and O–H groups in total. The molecule has 6 rings (SSSR count). The number of hydrogen-bond acceptors (Lipinski definition) is 6. The second-order valence-electron chi connectivity index (χ2n) is 14.0. The first-order valence-electron chi connectivity index (χ1n) is 16.1. The molecule has 0 amide bonds. The van der Waals surface area contributed by atoms with Gasteiger partial charge in [0.1, 0.15) is 6.07 Å². The van der Waals surface area contributed by atoms with E-state index in [1.165, 1.54) is 12.4 Å². The Morgan fingerprint density at radius 3 is 2.15 bits per heavy atom. The van der Waals surface area contributed by atoms with Gasteiger partial charge in [-0.25, -0.2) is 23.1 Å². The maximum atomic E-state index is 17.1. The van der Waals surface area contributed by atoms with Crippen LogP contribution in [-0.2, 0) is 12.6 Å². The van der Waals surface area contributed by atoms with Crippen LogP contribution < -0.4 is 4.90 Å². The number of halogens is 6. The Hall–Kier alpha value is -3.72. The fourth-order valence-electron chi connectivity index (χ4n) is 7.61. The number of pyridine rings is 1. The third kappa shape index (κ3) is 6.82. The summed E-state index contributed by atoms with van der Waals surface area (Å²) in [6.45, 7) is 5.05. The summed E-state index contributed by atoms with van der Waals surface area (Å²) in [5, 5.41) is 20.6. The van der Waals surface area contributed by atoms with Crippen LogP contribution in [0.4, 0.5) is 32.3 Å². The van der Waals surface area contributed by atoms with Gasteiger partial charge < -0.3 is 10.0 Å². The molecule has 3 aromatic rings. The molecule has 2 aliphatic carbocycles. The molecule has 2 atom stereocenters. The summed E-state index contributed by atoms with van der Waals surface area (Å²) < 4.78 is 86.1. The highest BCUT2D eigenvalue weighted by Gasteiger charge is 2.43. The Labute approximate surface area is 269 Å². The van der Waals surface area contributed by atoms with Gasteiger partial charge in [0.2, 0.25) is 11.9 Å². The maximum absolute atomic E-state index is 17.1. The van der Waals surface area contributed by atoms with Crippen molar-refractivity contribution in [3.05, 3.63) is 81.4 Å². The van der Waals surface area contributed by atoms with Crippen molar-refractivity contribution in [2.24, 2.45) is 5.41 Å². The molecule has 2 aromatic heterocycles. The number of anilines is 1. The number of hydrogen-bond donors (Lipinski definition) is 1. The lowest BCUT2D eigenvalue weighted by molar-refractivity contribution is -0.137. The summed E-state index contributed by atoms with van der Waals surface area (Å²) in [6.07, 6.45) is -3.14. The molecule has 2 fully saturated rings. The third-order valence-electron chi connectivity index (χ3n) is 9.99. The molecule has 3 aliphatic rings. The Morgan fingerprint density at radius 2 is 1.57 bits per heavy atom. The number of piperidine rings is 1. The van der Waals surface area contributed by atoms with Gasteiger partial charge in [0.15, 0.2) is 6.17 Å². The number of aliphatic hydroxyl groups is 1. The Balaban J connectivity index is 1.46. The number of benzene rings is 1. The van der Waals surface area contributed by atoms with Gasteiger partial charge in [-0.3, -0.25) is 4.98 Å². The number of nitriles is 1. The van der Waals surface area contributed by atoms with Crippen molar-refractivity contribution < 1.29 is 31.4 Å². The van der Waals surface area contributed by atoms with Crippen LogP contribution in [0.1, 0.15) is 128 Å². The lowest BCUT2D eigenvalue weighted by Crippen LogP contribution is -2.36. The standard InChI is InChI=1S/C35H37F6N5O/c1-33(2)15-25-28(26(47)16-33)27(21-7-11-34(37,38)12-8-21)29(30(36)22-3-5-24(6-4-22)35(39,40)41)31(45-25)23-9-13-46(14-10-23)32-43-18-20(17-42)19-44-32/h3-6,18-19,21,23,26,30,47H,7-16H2,1-2H3/t26?,30-/m0/s1. The molecule has 1 aliphatic heterocycles. The normalized spacial score (nSPS) is 22.4. The topological polar surface area (TPSA) is 85.9 Å². The number of nitrogens with zero attached hydrogens (tertiary/aromatic N) is 5. The van der Waals surface area contributed by atoms with E-state index in [2.05, 4.69) is 9.97 Å². The van der Waals surface area contributed by atoms with Crippen LogP contribution in [0.5, 0.6) is 0 Å². The van der Waals surface area contributed by atoms with E-state index in [0.717, 1.165) is 24.3 Å². The van der Waals surface area contributed by atoms with Crippen molar-refractivity contribution in [1.82, 2.24) is 15.0 Å². The lowest BCUT2D eigenvalue weighted by Gasteiger charge is -2.41. The van der Waals surface area contributed by atoms with Gasteiger partial charge in [0, 0.05) is 48.7 Å². The summed E-state index contributed by atoms with van der Waals surface area (Å²) >= 11 is 0. The van der Waals surface area contributed by atoms with Crippen molar-refractivity contribution in [2.45, 2.75) is 101 Å². The number of fused-ring (bicyclic) bond motifs is 1. The number of aromatic nitrogens is 3. The van der Waals surface area contributed by atoms with Crippen LogP contribution in [0.25, 0.3) is 0 Å². The van der Waals surface area contributed by atoms with Crippen molar-refractivity contribution >= 4 is 5.95 Å². The third-order valence-corrected chi connectivity index (χ3v) is 9.99. The van der Waals surface area contributed by atoms with Gasteiger partial charge in [0.05, 0.1) is 35.3 Å². The predicted octanol–water partition coefficient (Wildman–Crippen LogP) is 8.50. The zero-order valence-electron chi connectivity index (χ0n) is 26.3. The smallest absolute Gasteiger partial charge is 0.388 e. The van der Waals surface area contributed by atoms with Gasteiger partial charge >= 0.3 is 6.18 Å². The van der Waals surface area contributed by atoms with Gasteiger partial charge in [-0.2, -0.15) is 18.4 Å². The molecule has 1 saturated heterocycles. The summed E-state index contributed by atoms with van der Waals surface area (Å²) in [7, 11) is 0. The van der Waals surface area contributed by atoms with Crippen LogP contribution in [0.3, 0.4) is 0 Å². The highest BCUT2D eigenvalue weighted by Crippen LogP contribution is 2.52. The molecule has 1 saturated carbocycles. The molecule has 0 spiro atoms. The molecular weight excluding hydrogens is 620 g/mol. The molecule has 1 unspecified atom stereocenters. The van der Waals surface area contributed by atoms with E-state index in [-0.39, 0.29) is 48.1 Å². The van der Waals surface area contributed by atoms with Gasteiger partial charge in [-0.15, -0.1) is 0 Å². The van der Waals surface area contributed by atoms with E-state index in [4.69, 9.17) is 10.2 Å². The minimum Gasteiger partial charge on any atom is -0.388 e. The van der Waals surface area contributed by atoms with Crippen LogP contribution in [0.2, 0.25) is 0 Å². The molecule has 6 nitrogen and oxygen atoms in total. The largest absolute Gasteiger partial charge is 0.416 e. The summed E-state index contributed by atoms with van der Waals surface area (Å²) in [5.41, 5.74) is 1.46. The monoisotopic (exact) mass is 657 g/mol. The average molecular weight is 658 g/mol. The van der Waals surface area contributed by atoms with Crippen LogP contribution >= 0.6 is 0 Å². The van der Waals surface area contributed by atoms with E-state index in [0.29, 0.717) is 72.8 Å². The fraction of sp³-hybridized carbons (Fsp3) is 0.543. The van der Waals surface area contributed by atoms with Crippen molar-refractivity contribution in [3.8, 4) is 6.07 Å². The summed E-state index contributed by atoms with van der Waals surface area (Å²) in [4.78, 5) is 15.6. The minimum absolute atomic E-state index is 0.0115. The first-order chi connectivity index (χ1) is 22.2. The number of alkyl halides is 6. The molecule has 0 radical (unpaired) electrons. The van der Waals surface area contributed by atoms with Crippen LogP contribution in [0.15, 0.2) is 36.7 Å². The number of aliphatic hydroxyl groups excluding tert-OH is 1. The van der Waals surface area contributed by atoms with E-state index < -0.39 is 35.9 Å². The first kappa shape index (κ1) is 33.2. The molecule has 12 heteroatoms. The van der Waals surface area contributed by atoms with E-state index in [1.54, 1.807) is 0 Å². The molecule has 1 aromatic carbocycles. The van der Waals surface area contributed by atoms with Crippen molar-refractivity contribution in [3.63, 3.8) is 0 Å². The molecule has 3 heterocycles. The van der Waals surface area contributed by atoms with Crippen molar-refractivity contribution in [2.75, 3.05) is 18.0 Å². The lowest BCUT2D eigenvalue weighted by atomic mass is 9.68. The molecule has 0 bridgehead atoms. The number of rotatable bonds is 5. The zero-order chi connectivity index (χ0) is 33.7. The molecule has 250 valence electrons. The summed E-state index contributed by atoms with van der Waals surface area (Å²) in [5.74, 6) is -3.09.